The lowest BCUT2D eigenvalue weighted by atomic mass is 9.66. The average Bonchev–Trinajstić information content (AvgIpc) is 2.54. The van der Waals surface area contributed by atoms with E-state index in [0.717, 1.165) is 6.07 Å². The minimum absolute atomic E-state index is 0.0405. The van der Waals surface area contributed by atoms with Crippen molar-refractivity contribution in [2.45, 2.75) is 20.3 Å². The molecule has 0 amide bonds. The van der Waals surface area contributed by atoms with Crippen LogP contribution in [0.25, 0.3) is 0 Å². The number of ketones is 1. The molecule has 1 aromatic carbocycles. The first-order valence-electron chi connectivity index (χ1n) is 7.45. The summed E-state index contributed by atoms with van der Waals surface area (Å²) in [7, 11) is 0. The van der Waals surface area contributed by atoms with Crippen molar-refractivity contribution in [1.82, 2.24) is 0 Å². The van der Waals surface area contributed by atoms with Gasteiger partial charge in [-0.3, -0.25) is 9.59 Å². The Labute approximate surface area is 138 Å². The number of rotatable bonds is 5. The molecule has 5 nitrogen and oxygen atoms in total. The fourth-order valence-corrected chi connectivity index (χ4v) is 2.95. The zero-order chi connectivity index (χ0) is 18.1. The second kappa shape index (κ2) is 6.39. The number of benzene rings is 1. The van der Waals surface area contributed by atoms with Gasteiger partial charge in [0.2, 0.25) is 0 Å². The highest BCUT2D eigenvalue weighted by atomic mass is 19.1. The second-order valence-electron chi connectivity index (χ2n) is 5.67. The number of carboxylic acid groups (broad SMARTS) is 2. The molecule has 1 aromatic rings. The molecule has 1 aliphatic carbocycles. The van der Waals surface area contributed by atoms with E-state index in [-0.39, 0.29) is 11.1 Å². The van der Waals surface area contributed by atoms with Crippen molar-refractivity contribution in [2.75, 3.05) is 0 Å². The first kappa shape index (κ1) is 17.6. The van der Waals surface area contributed by atoms with E-state index < -0.39 is 34.9 Å². The zero-order valence-corrected chi connectivity index (χ0v) is 13.2. The number of allylic oxidation sites excluding steroid dienone is 2. The lowest BCUT2D eigenvalue weighted by molar-refractivity contribution is -0.145. The Bertz CT molecular complexity index is 778. The minimum atomic E-state index is -2.04. The monoisotopic (exact) mass is 332 g/mol. The summed E-state index contributed by atoms with van der Waals surface area (Å²) in [6, 6.07) is 3.66. The zero-order valence-electron chi connectivity index (χ0n) is 13.2. The van der Waals surface area contributed by atoms with E-state index in [1.807, 2.05) is 0 Å². The summed E-state index contributed by atoms with van der Waals surface area (Å²) >= 11 is 0. The minimum Gasteiger partial charge on any atom is -0.480 e. The van der Waals surface area contributed by atoms with E-state index in [4.69, 9.17) is 0 Å². The van der Waals surface area contributed by atoms with Gasteiger partial charge in [0.05, 0.1) is 0 Å². The molecule has 24 heavy (non-hydrogen) atoms. The highest BCUT2D eigenvalue weighted by Crippen LogP contribution is 2.41. The van der Waals surface area contributed by atoms with Crippen LogP contribution in [0.5, 0.6) is 0 Å². The predicted molar refractivity (Wildman–Crippen MR) is 84.2 cm³/mol. The molecule has 2 rings (SSSR count). The maximum absolute atomic E-state index is 13.6. The van der Waals surface area contributed by atoms with Crippen LogP contribution in [0.15, 0.2) is 42.0 Å². The molecule has 126 valence electrons. The van der Waals surface area contributed by atoms with Crippen LogP contribution in [-0.2, 0) is 16.0 Å². The van der Waals surface area contributed by atoms with Crippen LogP contribution >= 0.6 is 0 Å². The quantitative estimate of drug-likeness (QED) is 0.639. The van der Waals surface area contributed by atoms with Gasteiger partial charge in [-0.1, -0.05) is 32.1 Å². The molecule has 0 radical (unpaired) electrons. The van der Waals surface area contributed by atoms with Crippen molar-refractivity contribution in [3.63, 3.8) is 0 Å². The first-order chi connectivity index (χ1) is 11.3. The summed E-state index contributed by atoms with van der Waals surface area (Å²) in [5, 5.41) is 18.9. The summed E-state index contributed by atoms with van der Waals surface area (Å²) < 4.78 is 13.6. The summed E-state index contributed by atoms with van der Waals surface area (Å²) in [6.45, 7) is 3.10. The number of Topliss-reactive ketones (excluding diaryl/α,β-unsaturated/α-hetero) is 1. The van der Waals surface area contributed by atoms with E-state index in [1.54, 1.807) is 6.92 Å². The Kier molecular flexibility index (Phi) is 4.68. The summed E-state index contributed by atoms with van der Waals surface area (Å²) in [4.78, 5) is 36.2. The molecule has 0 spiro atoms. The van der Waals surface area contributed by atoms with Gasteiger partial charge in [0.25, 0.3) is 0 Å². The molecule has 1 aliphatic rings. The molecular weight excluding hydrogens is 315 g/mol. The molecule has 6 heteroatoms. The van der Waals surface area contributed by atoms with Gasteiger partial charge in [0.1, 0.15) is 5.82 Å². The predicted octanol–water partition coefficient (Wildman–Crippen LogP) is 2.86. The molecule has 0 aromatic heterocycles. The number of carbonyl (C=O) groups excluding carboxylic acids is 1. The van der Waals surface area contributed by atoms with Crippen molar-refractivity contribution in [1.29, 1.82) is 0 Å². The Morgan fingerprint density at radius 2 is 1.92 bits per heavy atom. The van der Waals surface area contributed by atoms with Crippen LogP contribution in [0.1, 0.15) is 29.8 Å². The molecule has 0 fully saturated rings. The second-order valence-corrected chi connectivity index (χ2v) is 5.67. The van der Waals surface area contributed by atoms with Crippen molar-refractivity contribution < 1.29 is 29.0 Å². The van der Waals surface area contributed by atoms with E-state index in [2.05, 4.69) is 0 Å². The van der Waals surface area contributed by atoms with Crippen molar-refractivity contribution >= 4 is 17.7 Å². The lowest BCUT2D eigenvalue weighted by Gasteiger charge is -2.33. The summed E-state index contributed by atoms with van der Waals surface area (Å²) in [6.07, 6.45) is 4.09. The van der Waals surface area contributed by atoms with Gasteiger partial charge in [-0.05, 0) is 30.2 Å². The Hall–Kier alpha value is -2.76. The van der Waals surface area contributed by atoms with E-state index >= 15 is 0 Å². The summed E-state index contributed by atoms with van der Waals surface area (Å²) in [5.74, 6) is -5.03. The van der Waals surface area contributed by atoms with Gasteiger partial charge in [0.15, 0.2) is 11.2 Å². The topological polar surface area (TPSA) is 91.7 Å². The van der Waals surface area contributed by atoms with Gasteiger partial charge in [0, 0.05) is 17.1 Å². The van der Waals surface area contributed by atoms with E-state index in [1.165, 1.54) is 37.3 Å². The third-order valence-corrected chi connectivity index (χ3v) is 4.45. The molecule has 2 atom stereocenters. The SMILES string of the molecule is CCc1cc(C(=O)C2(C(=O)O)C=CC=C(C(=O)O)C2C)ccc1F. The highest BCUT2D eigenvalue weighted by molar-refractivity contribution is 6.15. The van der Waals surface area contributed by atoms with Crippen LogP contribution in [0, 0.1) is 17.2 Å². The van der Waals surface area contributed by atoms with Crippen molar-refractivity contribution in [2.24, 2.45) is 11.3 Å². The normalized spacial score (nSPS) is 22.8. The third-order valence-electron chi connectivity index (χ3n) is 4.45. The van der Waals surface area contributed by atoms with Gasteiger partial charge in [-0.25, -0.2) is 9.18 Å². The first-order valence-corrected chi connectivity index (χ1v) is 7.45. The van der Waals surface area contributed by atoms with Crippen LogP contribution in [0.4, 0.5) is 4.39 Å². The maximum Gasteiger partial charge on any atom is 0.331 e. The van der Waals surface area contributed by atoms with E-state index in [9.17, 15) is 29.0 Å². The number of aryl methyl sites for hydroxylation is 1. The highest BCUT2D eigenvalue weighted by Gasteiger charge is 2.52. The molecular formula is C18H17FO5. The van der Waals surface area contributed by atoms with Gasteiger partial charge < -0.3 is 10.2 Å². The molecule has 0 heterocycles. The van der Waals surface area contributed by atoms with Gasteiger partial charge in [-0.2, -0.15) is 0 Å². The number of carbonyl (C=O) groups is 3. The Morgan fingerprint density at radius 3 is 2.46 bits per heavy atom. The molecule has 2 N–H and O–H groups in total. The number of carboxylic acids is 2. The maximum atomic E-state index is 13.6. The van der Waals surface area contributed by atoms with Gasteiger partial charge >= 0.3 is 11.9 Å². The van der Waals surface area contributed by atoms with Crippen LogP contribution < -0.4 is 0 Å². The van der Waals surface area contributed by atoms with Crippen molar-refractivity contribution in [3.05, 3.63) is 58.9 Å². The standard InChI is InChI=1S/C18H17FO5/c1-3-11-9-12(6-7-14(11)19)15(20)18(17(23)24)8-4-5-13(10(18)2)16(21)22/h4-10H,3H2,1-2H3,(H,21,22)(H,23,24). The Balaban J connectivity index is 2.58. The fourth-order valence-electron chi connectivity index (χ4n) is 2.95. The molecule has 0 aliphatic heterocycles. The third kappa shape index (κ3) is 2.64. The summed E-state index contributed by atoms with van der Waals surface area (Å²) in [5.41, 5.74) is -1.86. The molecule has 0 saturated heterocycles. The Morgan fingerprint density at radius 1 is 1.25 bits per heavy atom. The number of aliphatic carboxylic acids is 2. The average molecular weight is 332 g/mol. The van der Waals surface area contributed by atoms with Crippen LogP contribution in [0.3, 0.4) is 0 Å². The smallest absolute Gasteiger partial charge is 0.331 e. The molecule has 2 unspecified atom stereocenters. The number of hydrogen-bond acceptors (Lipinski definition) is 3. The molecule has 0 saturated carbocycles. The largest absolute Gasteiger partial charge is 0.480 e. The van der Waals surface area contributed by atoms with Crippen LogP contribution in [0.2, 0.25) is 0 Å². The fraction of sp³-hybridized carbons (Fsp3) is 0.278. The van der Waals surface area contributed by atoms with Crippen LogP contribution in [-0.4, -0.2) is 27.9 Å². The number of hydrogen-bond donors (Lipinski definition) is 2. The lowest BCUT2D eigenvalue weighted by Crippen LogP contribution is -2.46. The van der Waals surface area contributed by atoms with E-state index in [0.29, 0.717) is 12.0 Å². The number of halogens is 1. The molecule has 0 bridgehead atoms. The van der Waals surface area contributed by atoms with Gasteiger partial charge in [-0.15, -0.1) is 0 Å². The van der Waals surface area contributed by atoms with Crippen molar-refractivity contribution in [3.8, 4) is 0 Å².